The fourth-order valence-electron chi connectivity index (χ4n) is 2.16. The first kappa shape index (κ1) is 16.4. The van der Waals surface area contributed by atoms with E-state index in [1.54, 1.807) is 0 Å². The van der Waals surface area contributed by atoms with E-state index in [0.29, 0.717) is 18.5 Å². The van der Waals surface area contributed by atoms with Gasteiger partial charge in [-0.15, -0.1) is 0 Å². The van der Waals surface area contributed by atoms with E-state index >= 15 is 0 Å². The average Bonchev–Trinajstić information content (AvgIpc) is 2.49. The van der Waals surface area contributed by atoms with Gasteiger partial charge in [0.25, 0.3) is 0 Å². The lowest BCUT2D eigenvalue weighted by Crippen LogP contribution is -2.26. The van der Waals surface area contributed by atoms with E-state index in [0.717, 1.165) is 11.1 Å². The van der Waals surface area contributed by atoms with Gasteiger partial charge in [-0.1, -0.05) is 36.4 Å². The minimum Gasteiger partial charge on any atom is -0.295 e. The van der Waals surface area contributed by atoms with E-state index < -0.39 is 10.0 Å². The zero-order chi connectivity index (χ0) is 16.2. The van der Waals surface area contributed by atoms with Gasteiger partial charge in [0, 0.05) is 12.1 Å². The van der Waals surface area contributed by atoms with Gasteiger partial charge in [0.05, 0.1) is 4.90 Å². The Balaban J connectivity index is 2.02. The lowest BCUT2D eigenvalue weighted by atomic mass is 10.1. The van der Waals surface area contributed by atoms with Gasteiger partial charge in [-0.25, -0.2) is 13.1 Å². The van der Waals surface area contributed by atoms with Crippen LogP contribution in [0.5, 0.6) is 0 Å². The highest BCUT2D eigenvalue weighted by Crippen LogP contribution is 2.12. The second kappa shape index (κ2) is 6.85. The van der Waals surface area contributed by atoms with Crippen molar-refractivity contribution < 1.29 is 13.2 Å². The molecule has 2 aromatic carbocycles. The van der Waals surface area contributed by atoms with Gasteiger partial charge < -0.3 is 0 Å². The summed E-state index contributed by atoms with van der Waals surface area (Å²) in [5.74, 6) is -0.0866. The van der Waals surface area contributed by atoms with Crippen molar-refractivity contribution in [3.05, 3.63) is 65.2 Å². The quantitative estimate of drug-likeness (QED) is 0.833. The molecule has 2 rings (SSSR count). The molecule has 116 valence electrons. The summed E-state index contributed by atoms with van der Waals surface area (Å²) in [6.07, 6.45) is 0.636. The van der Waals surface area contributed by atoms with Crippen molar-refractivity contribution in [1.29, 1.82) is 0 Å². The summed E-state index contributed by atoms with van der Waals surface area (Å²) >= 11 is 0. The Morgan fingerprint density at radius 2 is 1.68 bits per heavy atom. The Bertz CT molecular complexity index is 765. The second-order valence-electron chi connectivity index (χ2n) is 5.15. The molecule has 22 heavy (non-hydrogen) atoms. The average molecular weight is 317 g/mol. The van der Waals surface area contributed by atoms with E-state index in [-0.39, 0.29) is 10.7 Å². The molecule has 0 fully saturated rings. The van der Waals surface area contributed by atoms with Crippen molar-refractivity contribution in [3.8, 4) is 0 Å². The van der Waals surface area contributed by atoms with Crippen molar-refractivity contribution in [2.24, 2.45) is 0 Å². The third-order valence-electron chi connectivity index (χ3n) is 3.52. The molecule has 2 aromatic rings. The standard InChI is InChI=1S/C17H19NO3S/c1-13-5-3-4-6-15(13)11-12-18-22(20,21)17-9-7-16(8-10-17)14(2)19/h3-10,18H,11-12H2,1-2H3. The summed E-state index contributed by atoms with van der Waals surface area (Å²) < 4.78 is 27.0. The predicted molar refractivity (Wildman–Crippen MR) is 86.5 cm³/mol. The summed E-state index contributed by atoms with van der Waals surface area (Å²) in [6, 6.07) is 13.8. The zero-order valence-corrected chi connectivity index (χ0v) is 13.5. The molecule has 0 heterocycles. The Morgan fingerprint density at radius 3 is 2.27 bits per heavy atom. The molecule has 0 aliphatic carbocycles. The van der Waals surface area contributed by atoms with Gasteiger partial charge >= 0.3 is 0 Å². The van der Waals surface area contributed by atoms with Crippen LogP contribution in [0.15, 0.2) is 53.4 Å². The fourth-order valence-corrected chi connectivity index (χ4v) is 3.19. The zero-order valence-electron chi connectivity index (χ0n) is 12.7. The highest BCUT2D eigenvalue weighted by molar-refractivity contribution is 7.89. The van der Waals surface area contributed by atoms with E-state index in [1.807, 2.05) is 31.2 Å². The number of aryl methyl sites for hydroxylation is 1. The van der Waals surface area contributed by atoms with Crippen LogP contribution in [0.1, 0.15) is 28.4 Å². The molecule has 0 bridgehead atoms. The van der Waals surface area contributed by atoms with Crippen LogP contribution in [0, 0.1) is 6.92 Å². The van der Waals surface area contributed by atoms with Crippen LogP contribution >= 0.6 is 0 Å². The molecule has 0 aliphatic rings. The smallest absolute Gasteiger partial charge is 0.240 e. The Morgan fingerprint density at radius 1 is 1.05 bits per heavy atom. The summed E-state index contributed by atoms with van der Waals surface area (Å²) in [6.45, 7) is 3.79. The Hall–Kier alpha value is -1.98. The van der Waals surface area contributed by atoms with Crippen molar-refractivity contribution in [2.45, 2.75) is 25.2 Å². The minimum atomic E-state index is -3.55. The number of Topliss-reactive ketones (excluding diaryl/α,β-unsaturated/α-hetero) is 1. The Kier molecular flexibility index (Phi) is 5.11. The summed E-state index contributed by atoms with van der Waals surface area (Å²) in [4.78, 5) is 11.4. The Labute approximate surface area is 131 Å². The van der Waals surface area contributed by atoms with Crippen molar-refractivity contribution in [2.75, 3.05) is 6.54 Å². The topological polar surface area (TPSA) is 63.2 Å². The molecule has 0 saturated carbocycles. The molecule has 0 atom stereocenters. The van der Waals surface area contributed by atoms with E-state index in [9.17, 15) is 13.2 Å². The van der Waals surface area contributed by atoms with Gasteiger partial charge in [0.1, 0.15) is 0 Å². The van der Waals surface area contributed by atoms with Gasteiger partial charge in [-0.3, -0.25) is 4.79 Å². The van der Waals surface area contributed by atoms with Crippen molar-refractivity contribution in [1.82, 2.24) is 4.72 Å². The molecular formula is C17H19NO3S. The number of rotatable bonds is 6. The normalized spacial score (nSPS) is 11.4. The maximum atomic E-state index is 12.2. The van der Waals surface area contributed by atoms with Gasteiger partial charge in [-0.05, 0) is 43.5 Å². The van der Waals surface area contributed by atoms with E-state index in [4.69, 9.17) is 0 Å². The summed E-state index contributed by atoms with van der Waals surface area (Å²) in [5, 5.41) is 0. The van der Waals surface area contributed by atoms with Crippen LogP contribution in [-0.2, 0) is 16.4 Å². The van der Waals surface area contributed by atoms with Crippen LogP contribution in [-0.4, -0.2) is 20.7 Å². The third-order valence-corrected chi connectivity index (χ3v) is 5.00. The fraction of sp³-hybridized carbons (Fsp3) is 0.235. The summed E-state index contributed by atoms with van der Waals surface area (Å²) in [7, 11) is -3.55. The third kappa shape index (κ3) is 4.02. The first-order chi connectivity index (χ1) is 10.4. The molecule has 0 radical (unpaired) electrons. The molecule has 1 N–H and O–H groups in total. The molecule has 5 heteroatoms. The van der Waals surface area contributed by atoms with Gasteiger partial charge in [-0.2, -0.15) is 0 Å². The summed E-state index contributed by atoms with van der Waals surface area (Å²) in [5.41, 5.74) is 2.77. The van der Waals surface area contributed by atoms with Gasteiger partial charge in [0.15, 0.2) is 5.78 Å². The van der Waals surface area contributed by atoms with Crippen LogP contribution in [0.25, 0.3) is 0 Å². The largest absolute Gasteiger partial charge is 0.295 e. The number of sulfonamides is 1. The van der Waals surface area contributed by atoms with Crippen molar-refractivity contribution in [3.63, 3.8) is 0 Å². The van der Waals surface area contributed by atoms with Crippen LogP contribution in [0.4, 0.5) is 0 Å². The number of benzene rings is 2. The van der Waals surface area contributed by atoms with Crippen molar-refractivity contribution >= 4 is 15.8 Å². The van der Waals surface area contributed by atoms with E-state index in [1.165, 1.54) is 31.2 Å². The molecule has 0 aromatic heterocycles. The lowest BCUT2D eigenvalue weighted by Gasteiger charge is -2.08. The highest BCUT2D eigenvalue weighted by atomic mass is 32.2. The lowest BCUT2D eigenvalue weighted by molar-refractivity contribution is 0.101. The first-order valence-electron chi connectivity index (χ1n) is 7.05. The molecule has 0 aliphatic heterocycles. The maximum Gasteiger partial charge on any atom is 0.240 e. The van der Waals surface area contributed by atoms with Crippen LogP contribution in [0.2, 0.25) is 0 Å². The van der Waals surface area contributed by atoms with Crippen LogP contribution < -0.4 is 4.72 Å². The molecule has 4 nitrogen and oxygen atoms in total. The number of carbonyl (C=O) groups is 1. The highest BCUT2D eigenvalue weighted by Gasteiger charge is 2.13. The SMILES string of the molecule is CC(=O)c1ccc(S(=O)(=O)NCCc2ccccc2C)cc1. The number of nitrogens with one attached hydrogen (secondary N) is 1. The maximum absolute atomic E-state index is 12.2. The molecule has 0 amide bonds. The minimum absolute atomic E-state index is 0.0866. The molecule has 0 spiro atoms. The van der Waals surface area contributed by atoms with E-state index in [2.05, 4.69) is 4.72 Å². The first-order valence-corrected chi connectivity index (χ1v) is 8.53. The predicted octanol–water partition coefficient (Wildman–Crippen LogP) is 2.72. The number of hydrogen-bond acceptors (Lipinski definition) is 3. The van der Waals surface area contributed by atoms with Gasteiger partial charge in [0.2, 0.25) is 10.0 Å². The molecule has 0 saturated heterocycles. The molecule has 0 unspecified atom stereocenters. The monoisotopic (exact) mass is 317 g/mol. The number of carbonyl (C=O) groups excluding carboxylic acids is 1. The molecular weight excluding hydrogens is 298 g/mol. The second-order valence-corrected chi connectivity index (χ2v) is 6.92. The number of ketones is 1. The number of hydrogen-bond donors (Lipinski definition) is 1. The van der Waals surface area contributed by atoms with Crippen LogP contribution in [0.3, 0.4) is 0 Å².